The molecular weight excluding hydrogens is 349 g/mol. The van der Waals surface area contributed by atoms with Gasteiger partial charge in [0.2, 0.25) is 5.91 Å². The molecule has 1 heterocycles. The second-order valence-electron chi connectivity index (χ2n) is 5.39. The van der Waals surface area contributed by atoms with E-state index in [0.717, 1.165) is 6.42 Å². The Kier molecular flexibility index (Phi) is 5.71. The maximum Gasteiger partial charge on any atom is 0.222 e. The smallest absolute Gasteiger partial charge is 0.222 e. The van der Waals surface area contributed by atoms with Crippen molar-refractivity contribution in [2.75, 3.05) is 18.8 Å². The largest absolute Gasteiger partial charge is 0.390 e. The van der Waals surface area contributed by atoms with Crippen LogP contribution in [0.1, 0.15) is 18.4 Å². The number of aliphatic hydroxyl groups is 1. The molecule has 22 heavy (non-hydrogen) atoms. The van der Waals surface area contributed by atoms with Gasteiger partial charge in [-0.2, -0.15) is 0 Å². The standard InChI is InChI=1S/C14H17Cl2NO4S/c15-11-4-3-10(13(16)6-11)8-22(20,21)9-12(18)7-17-5-1-2-14(17)19/h3-4,6,12,18H,1-2,5,7-9H2/t12-/m0/s1. The third-order valence-corrected chi connectivity index (χ3v) is 5.67. The van der Waals surface area contributed by atoms with Crippen LogP contribution >= 0.6 is 23.2 Å². The Labute approximate surface area is 139 Å². The Hall–Kier alpha value is -0.820. The number of hydrogen-bond donors (Lipinski definition) is 1. The van der Waals surface area contributed by atoms with Crippen LogP contribution in [-0.4, -0.2) is 49.3 Å². The van der Waals surface area contributed by atoms with Crippen LogP contribution in [0.3, 0.4) is 0 Å². The molecule has 1 saturated heterocycles. The fourth-order valence-corrected chi connectivity index (χ4v) is 4.52. The highest BCUT2D eigenvalue weighted by atomic mass is 35.5. The molecule has 0 unspecified atom stereocenters. The number of likely N-dealkylation sites (tertiary alicyclic amines) is 1. The molecule has 0 saturated carbocycles. The van der Waals surface area contributed by atoms with Gasteiger partial charge in [0.1, 0.15) is 0 Å². The normalized spacial score (nSPS) is 17.0. The summed E-state index contributed by atoms with van der Waals surface area (Å²) in [4.78, 5) is 13.0. The van der Waals surface area contributed by atoms with Crippen LogP contribution < -0.4 is 0 Å². The monoisotopic (exact) mass is 365 g/mol. The van der Waals surface area contributed by atoms with Crippen LogP contribution in [0.15, 0.2) is 18.2 Å². The molecule has 1 amide bonds. The fourth-order valence-electron chi connectivity index (χ4n) is 2.43. The number of hydrogen-bond acceptors (Lipinski definition) is 4. The lowest BCUT2D eigenvalue weighted by molar-refractivity contribution is -0.128. The van der Waals surface area contributed by atoms with Gasteiger partial charge < -0.3 is 10.0 Å². The van der Waals surface area contributed by atoms with E-state index in [1.165, 1.54) is 11.0 Å². The van der Waals surface area contributed by atoms with Gasteiger partial charge in [0.15, 0.2) is 9.84 Å². The summed E-state index contributed by atoms with van der Waals surface area (Å²) in [5, 5.41) is 10.6. The SMILES string of the molecule is O=C1CCCN1C[C@H](O)CS(=O)(=O)Cc1ccc(Cl)cc1Cl. The molecule has 0 aliphatic carbocycles. The van der Waals surface area contributed by atoms with E-state index in [4.69, 9.17) is 23.2 Å². The highest BCUT2D eigenvalue weighted by Crippen LogP contribution is 2.23. The summed E-state index contributed by atoms with van der Waals surface area (Å²) in [7, 11) is -3.54. The minimum absolute atomic E-state index is 0.0443. The van der Waals surface area contributed by atoms with Gasteiger partial charge in [-0.1, -0.05) is 29.3 Å². The van der Waals surface area contributed by atoms with E-state index in [0.29, 0.717) is 23.6 Å². The van der Waals surface area contributed by atoms with Gasteiger partial charge in [0.05, 0.1) is 17.6 Å². The van der Waals surface area contributed by atoms with Crippen molar-refractivity contribution in [3.8, 4) is 0 Å². The van der Waals surface area contributed by atoms with Gasteiger partial charge in [-0.15, -0.1) is 0 Å². The van der Waals surface area contributed by atoms with Crippen molar-refractivity contribution in [2.45, 2.75) is 24.7 Å². The van der Waals surface area contributed by atoms with Crippen molar-refractivity contribution in [1.82, 2.24) is 4.90 Å². The number of aliphatic hydroxyl groups excluding tert-OH is 1. The zero-order valence-electron chi connectivity index (χ0n) is 11.8. The molecule has 8 heteroatoms. The van der Waals surface area contributed by atoms with Crippen LogP contribution in [0, 0.1) is 0 Å². The Morgan fingerprint density at radius 3 is 2.64 bits per heavy atom. The first kappa shape index (κ1) is 17.5. The summed E-state index contributed by atoms with van der Waals surface area (Å²) in [6, 6.07) is 4.60. The summed E-state index contributed by atoms with van der Waals surface area (Å²) < 4.78 is 24.3. The zero-order valence-corrected chi connectivity index (χ0v) is 14.2. The summed E-state index contributed by atoms with van der Waals surface area (Å²) in [6.07, 6.45) is 0.108. The first-order valence-corrected chi connectivity index (χ1v) is 9.45. The minimum Gasteiger partial charge on any atom is -0.390 e. The molecule has 2 rings (SSSR count). The lowest BCUT2D eigenvalue weighted by Crippen LogP contribution is -2.37. The maximum absolute atomic E-state index is 12.1. The summed E-state index contributed by atoms with van der Waals surface area (Å²) >= 11 is 11.7. The van der Waals surface area contributed by atoms with Gasteiger partial charge in [0, 0.05) is 29.6 Å². The second-order valence-corrected chi connectivity index (χ2v) is 8.34. The van der Waals surface area contributed by atoms with Gasteiger partial charge in [-0.25, -0.2) is 8.42 Å². The summed E-state index contributed by atoms with van der Waals surface area (Å²) in [5.41, 5.74) is 0.440. The minimum atomic E-state index is -3.54. The number of nitrogens with zero attached hydrogens (tertiary/aromatic N) is 1. The Morgan fingerprint density at radius 1 is 1.32 bits per heavy atom. The molecule has 1 N–H and O–H groups in total. The van der Waals surface area contributed by atoms with Gasteiger partial charge in [0.25, 0.3) is 0 Å². The molecule has 1 atom stereocenters. The molecule has 0 radical (unpaired) electrons. The third kappa shape index (κ3) is 4.84. The zero-order chi connectivity index (χ0) is 16.3. The number of rotatable bonds is 6. The van der Waals surface area contributed by atoms with E-state index in [1.807, 2.05) is 0 Å². The maximum atomic E-state index is 12.1. The molecule has 5 nitrogen and oxygen atoms in total. The number of benzene rings is 1. The molecule has 0 spiro atoms. The predicted molar refractivity (Wildman–Crippen MR) is 85.8 cm³/mol. The lowest BCUT2D eigenvalue weighted by atomic mass is 10.2. The Morgan fingerprint density at radius 2 is 2.05 bits per heavy atom. The predicted octanol–water partition coefficient (Wildman–Crippen LogP) is 1.89. The fraction of sp³-hybridized carbons (Fsp3) is 0.500. The highest BCUT2D eigenvalue weighted by Gasteiger charge is 2.26. The third-order valence-electron chi connectivity index (χ3n) is 3.44. The molecular formula is C14H17Cl2NO4S. The second kappa shape index (κ2) is 7.17. The topological polar surface area (TPSA) is 74.7 Å². The Balaban J connectivity index is 1.96. The molecule has 122 valence electrons. The van der Waals surface area contributed by atoms with Crippen LogP contribution in [0.25, 0.3) is 0 Å². The molecule has 0 aromatic heterocycles. The first-order chi connectivity index (χ1) is 10.3. The van der Waals surface area contributed by atoms with Crippen molar-refractivity contribution in [2.24, 2.45) is 0 Å². The highest BCUT2D eigenvalue weighted by molar-refractivity contribution is 7.90. The van der Waals surface area contributed by atoms with E-state index in [2.05, 4.69) is 0 Å². The first-order valence-electron chi connectivity index (χ1n) is 6.87. The average molecular weight is 366 g/mol. The molecule has 1 aliphatic heterocycles. The van der Waals surface area contributed by atoms with Crippen molar-refractivity contribution in [3.05, 3.63) is 33.8 Å². The number of carbonyl (C=O) groups excluding carboxylic acids is 1. The van der Waals surface area contributed by atoms with E-state index < -0.39 is 21.7 Å². The molecule has 1 aromatic rings. The van der Waals surface area contributed by atoms with Crippen molar-refractivity contribution >= 4 is 38.9 Å². The van der Waals surface area contributed by atoms with Crippen LogP contribution in [0.4, 0.5) is 0 Å². The molecule has 1 aromatic carbocycles. The van der Waals surface area contributed by atoms with Crippen LogP contribution in [-0.2, 0) is 20.4 Å². The Bertz CT molecular complexity index is 663. The van der Waals surface area contributed by atoms with Crippen molar-refractivity contribution in [1.29, 1.82) is 0 Å². The van der Waals surface area contributed by atoms with Crippen LogP contribution in [0.2, 0.25) is 10.0 Å². The molecule has 0 bridgehead atoms. The van der Waals surface area contributed by atoms with E-state index in [9.17, 15) is 18.3 Å². The van der Waals surface area contributed by atoms with Crippen LogP contribution in [0.5, 0.6) is 0 Å². The van der Waals surface area contributed by atoms with Gasteiger partial charge in [-0.3, -0.25) is 4.79 Å². The lowest BCUT2D eigenvalue weighted by Gasteiger charge is -2.19. The van der Waals surface area contributed by atoms with E-state index in [1.54, 1.807) is 12.1 Å². The van der Waals surface area contributed by atoms with Gasteiger partial charge >= 0.3 is 0 Å². The number of sulfone groups is 1. The number of amides is 1. The number of β-amino-alcohol motifs (C(OH)–C–C–N with tert-alkyl or cyclic N) is 1. The molecule has 1 fully saturated rings. The summed E-state index contributed by atoms with van der Waals surface area (Å²) in [6.45, 7) is 0.616. The average Bonchev–Trinajstić information content (AvgIpc) is 2.77. The van der Waals surface area contributed by atoms with Crippen molar-refractivity contribution < 1.29 is 18.3 Å². The number of carbonyl (C=O) groups is 1. The molecule has 1 aliphatic rings. The van der Waals surface area contributed by atoms with Gasteiger partial charge in [-0.05, 0) is 24.1 Å². The quantitative estimate of drug-likeness (QED) is 0.835. The summed E-state index contributed by atoms with van der Waals surface area (Å²) in [5.74, 6) is -0.721. The number of halogens is 2. The van der Waals surface area contributed by atoms with Crippen molar-refractivity contribution in [3.63, 3.8) is 0 Å². The van der Waals surface area contributed by atoms with E-state index >= 15 is 0 Å². The van der Waals surface area contributed by atoms with E-state index in [-0.39, 0.29) is 23.2 Å².